The number of nitrogens with two attached hydrogens (primary N) is 1. The van der Waals surface area contributed by atoms with Crippen molar-refractivity contribution in [3.05, 3.63) is 10.7 Å². The third-order valence-electron chi connectivity index (χ3n) is 3.23. The van der Waals surface area contributed by atoms with Crippen LogP contribution in [0.25, 0.3) is 0 Å². The van der Waals surface area contributed by atoms with Gasteiger partial charge >= 0.3 is 0 Å². The van der Waals surface area contributed by atoms with Crippen LogP contribution in [0.3, 0.4) is 0 Å². The van der Waals surface area contributed by atoms with Gasteiger partial charge in [-0.05, 0) is 28.8 Å². The molecule has 1 fully saturated rings. The van der Waals surface area contributed by atoms with Gasteiger partial charge in [0.2, 0.25) is 11.8 Å². The molecule has 0 amide bonds. The van der Waals surface area contributed by atoms with Crippen LogP contribution in [0.1, 0.15) is 25.7 Å². The lowest BCUT2D eigenvalue weighted by Crippen LogP contribution is -2.43. The molecule has 1 aromatic rings. The van der Waals surface area contributed by atoms with Crippen LogP contribution >= 0.6 is 15.9 Å². The van der Waals surface area contributed by atoms with Gasteiger partial charge in [0.1, 0.15) is 0 Å². The molecule has 0 bridgehead atoms. The predicted molar refractivity (Wildman–Crippen MR) is 70.2 cm³/mol. The lowest BCUT2D eigenvalue weighted by atomic mass is 9.98. The largest absolute Gasteiger partial charge is 0.480 e. The third-order valence-corrected chi connectivity index (χ3v) is 3.78. The average molecular weight is 301 g/mol. The zero-order valence-electron chi connectivity index (χ0n) is 9.87. The van der Waals surface area contributed by atoms with Crippen molar-refractivity contribution in [2.45, 2.75) is 31.2 Å². The quantitative estimate of drug-likeness (QED) is 0.889. The molecular weight excluding hydrogens is 284 g/mol. The number of hydrogen-bond donors (Lipinski definition) is 2. The molecule has 0 saturated heterocycles. The van der Waals surface area contributed by atoms with Gasteiger partial charge in [-0.25, -0.2) is 4.98 Å². The van der Waals surface area contributed by atoms with Crippen LogP contribution in [0.2, 0.25) is 0 Å². The van der Waals surface area contributed by atoms with Gasteiger partial charge in [0.25, 0.3) is 0 Å². The summed E-state index contributed by atoms with van der Waals surface area (Å²) < 4.78 is 5.90. The molecule has 2 rings (SSSR count). The zero-order chi connectivity index (χ0) is 12.3. The molecule has 0 atom stereocenters. The number of methoxy groups -OCH3 is 1. The molecular formula is C11H17BrN4O. The molecule has 3 N–H and O–H groups in total. The fraction of sp³-hybridized carbons (Fsp3) is 0.636. The van der Waals surface area contributed by atoms with Gasteiger partial charge in [0.05, 0.1) is 23.3 Å². The van der Waals surface area contributed by atoms with Gasteiger partial charge < -0.3 is 15.8 Å². The summed E-state index contributed by atoms with van der Waals surface area (Å²) in [5.74, 6) is 1.12. The zero-order valence-corrected chi connectivity index (χ0v) is 11.5. The first-order valence-electron chi connectivity index (χ1n) is 5.74. The summed E-state index contributed by atoms with van der Waals surface area (Å²) in [5, 5.41) is 3.36. The fourth-order valence-electron chi connectivity index (χ4n) is 2.22. The molecule has 1 heterocycles. The minimum Gasteiger partial charge on any atom is -0.480 e. The molecule has 0 aliphatic heterocycles. The molecule has 0 unspecified atom stereocenters. The number of hydrogen-bond acceptors (Lipinski definition) is 5. The summed E-state index contributed by atoms with van der Waals surface area (Å²) >= 11 is 3.33. The van der Waals surface area contributed by atoms with E-state index in [1.807, 2.05) is 0 Å². The summed E-state index contributed by atoms with van der Waals surface area (Å²) in [6.07, 6.45) is 6.25. The van der Waals surface area contributed by atoms with E-state index in [-0.39, 0.29) is 5.54 Å². The summed E-state index contributed by atoms with van der Waals surface area (Å²) in [4.78, 5) is 8.54. The number of halogens is 1. The second-order valence-electron chi connectivity index (χ2n) is 4.37. The van der Waals surface area contributed by atoms with Gasteiger partial charge in [-0.15, -0.1) is 0 Å². The van der Waals surface area contributed by atoms with E-state index in [0.29, 0.717) is 18.4 Å². The molecule has 17 heavy (non-hydrogen) atoms. The Kier molecular flexibility index (Phi) is 3.83. The number of rotatable bonds is 4. The normalized spacial score (nSPS) is 18.1. The van der Waals surface area contributed by atoms with Crippen molar-refractivity contribution in [3.8, 4) is 5.88 Å². The highest BCUT2D eigenvalue weighted by atomic mass is 79.9. The van der Waals surface area contributed by atoms with Crippen molar-refractivity contribution in [2.24, 2.45) is 5.73 Å². The highest BCUT2D eigenvalue weighted by molar-refractivity contribution is 9.10. The SMILES string of the molecule is COc1nc(NC2(CN)CCCC2)ncc1Br. The minimum absolute atomic E-state index is 0.0428. The van der Waals surface area contributed by atoms with E-state index in [1.54, 1.807) is 13.3 Å². The van der Waals surface area contributed by atoms with Gasteiger partial charge in [0.15, 0.2) is 0 Å². The van der Waals surface area contributed by atoms with Crippen molar-refractivity contribution < 1.29 is 4.74 Å². The van der Waals surface area contributed by atoms with Crippen molar-refractivity contribution in [3.63, 3.8) is 0 Å². The minimum atomic E-state index is -0.0428. The number of ether oxygens (including phenoxy) is 1. The van der Waals surface area contributed by atoms with Crippen LogP contribution in [-0.4, -0.2) is 29.2 Å². The molecule has 5 nitrogen and oxygen atoms in total. The summed E-state index contributed by atoms with van der Waals surface area (Å²) in [6.45, 7) is 0.606. The molecule has 1 aliphatic rings. The Morgan fingerprint density at radius 3 is 2.82 bits per heavy atom. The second kappa shape index (κ2) is 5.18. The number of nitrogens with one attached hydrogen (secondary N) is 1. The molecule has 0 aromatic carbocycles. The monoisotopic (exact) mass is 300 g/mol. The highest BCUT2D eigenvalue weighted by Crippen LogP contribution is 2.32. The Morgan fingerprint density at radius 1 is 1.53 bits per heavy atom. The first-order valence-corrected chi connectivity index (χ1v) is 6.53. The van der Waals surface area contributed by atoms with Crippen molar-refractivity contribution >= 4 is 21.9 Å². The standard InChI is InChI=1S/C11H17BrN4O/c1-17-9-8(12)6-14-10(15-9)16-11(7-13)4-2-3-5-11/h6H,2-5,7,13H2,1H3,(H,14,15,16). The van der Waals surface area contributed by atoms with Crippen LogP contribution in [0, 0.1) is 0 Å². The lowest BCUT2D eigenvalue weighted by Gasteiger charge is -2.28. The maximum absolute atomic E-state index is 5.86. The van der Waals surface area contributed by atoms with Gasteiger partial charge in [-0.1, -0.05) is 12.8 Å². The van der Waals surface area contributed by atoms with Gasteiger partial charge in [-0.3, -0.25) is 0 Å². The van der Waals surface area contributed by atoms with Crippen LogP contribution in [0.4, 0.5) is 5.95 Å². The van der Waals surface area contributed by atoms with E-state index in [4.69, 9.17) is 10.5 Å². The number of nitrogens with zero attached hydrogens (tertiary/aromatic N) is 2. The van der Waals surface area contributed by atoms with Crippen LogP contribution < -0.4 is 15.8 Å². The molecule has 1 aliphatic carbocycles. The van der Waals surface area contributed by atoms with Crippen molar-refractivity contribution in [1.82, 2.24) is 9.97 Å². The fourth-order valence-corrected chi connectivity index (χ4v) is 2.58. The van der Waals surface area contributed by atoms with Gasteiger partial charge in [-0.2, -0.15) is 4.98 Å². The van der Waals surface area contributed by atoms with Crippen LogP contribution in [-0.2, 0) is 0 Å². The summed E-state index contributed by atoms with van der Waals surface area (Å²) in [7, 11) is 1.59. The molecule has 0 radical (unpaired) electrons. The Labute approximate surface area is 109 Å². The molecule has 1 saturated carbocycles. The lowest BCUT2D eigenvalue weighted by molar-refractivity contribution is 0.393. The van der Waals surface area contributed by atoms with E-state index < -0.39 is 0 Å². The first-order chi connectivity index (χ1) is 8.19. The van der Waals surface area contributed by atoms with E-state index in [1.165, 1.54) is 12.8 Å². The van der Waals surface area contributed by atoms with Crippen molar-refractivity contribution in [1.29, 1.82) is 0 Å². The van der Waals surface area contributed by atoms with E-state index >= 15 is 0 Å². The summed E-state index contributed by atoms with van der Waals surface area (Å²) in [5.41, 5.74) is 5.82. The number of anilines is 1. The summed E-state index contributed by atoms with van der Waals surface area (Å²) in [6, 6.07) is 0. The maximum atomic E-state index is 5.86. The Morgan fingerprint density at radius 2 is 2.24 bits per heavy atom. The smallest absolute Gasteiger partial charge is 0.232 e. The molecule has 6 heteroatoms. The Hall–Kier alpha value is -0.880. The third kappa shape index (κ3) is 2.69. The van der Waals surface area contributed by atoms with E-state index in [2.05, 4.69) is 31.2 Å². The predicted octanol–water partition coefficient (Wildman–Crippen LogP) is 1.93. The molecule has 1 aromatic heterocycles. The van der Waals surface area contributed by atoms with Crippen LogP contribution in [0.15, 0.2) is 10.7 Å². The van der Waals surface area contributed by atoms with E-state index in [0.717, 1.165) is 17.3 Å². The Balaban J connectivity index is 2.17. The van der Waals surface area contributed by atoms with Crippen LogP contribution in [0.5, 0.6) is 5.88 Å². The first kappa shape index (κ1) is 12.6. The maximum Gasteiger partial charge on any atom is 0.232 e. The Bertz CT molecular complexity index is 393. The molecule has 94 valence electrons. The average Bonchev–Trinajstić information content (AvgIpc) is 2.81. The van der Waals surface area contributed by atoms with Gasteiger partial charge in [0, 0.05) is 6.54 Å². The molecule has 0 spiro atoms. The highest BCUT2D eigenvalue weighted by Gasteiger charge is 2.33. The second-order valence-corrected chi connectivity index (χ2v) is 5.22. The number of aromatic nitrogens is 2. The van der Waals surface area contributed by atoms with Crippen molar-refractivity contribution in [2.75, 3.05) is 19.0 Å². The topological polar surface area (TPSA) is 73.1 Å². The van der Waals surface area contributed by atoms with E-state index in [9.17, 15) is 0 Å².